The Hall–Kier alpha value is -1.69. The lowest BCUT2D eigenvalue weighted by molar-refractivity contribution is -0.151. The molecule has 1 atom stereocenters. The summed E-state index contributed by atoms with van der Waals surface area (Å²) in [7, 11) is 0. The monoisotopic (exact) mass is 334 g/mol. The predicted octanol–water partition coefficient (Wildman–Crippen LogP) is 3.24. The van der Waals surface area contributed by atoms with E-state index in [0.29, 0.717) is 11.8 Å². The van der Waals surface area contributed by atoms with Crippen LogP contribution < -0.4 is 5.56 Å². The van der Waals surface area contributed by atoms with Crippen molar-refractivity contribution in [3.63, 3.8) is 0 Å². The molecule has 2 heterocycles. The fraction of sp³-hybridized carbons (Fsp3) is 0.588. The number of ether oxygens (including phenoxy) is 1. The summed E-state index contributed by atoms with van der Waals surface area (Å²) in [6, 6.07) is -0.610. The van der Waals surface area contributed by atoms with Crippen LogP contribution in [0.1, 0.15) is 56.5 Å². The summed E-state index contributed by atoms with van der Waals surface area (Å²) in [5.41, 5.74) is 1.04. The SMILES string of the molecule is CCC(C(=O)OC(C)C)n1cnc2sc3c(c2c1=O)CCCC3. The van der Waals surface area contributed by atoms with Crippen molar-refractivity contribution in [1.82, 2.24) is 9.55 Å². The zero-order chi connectivity index (χ0) is 16.6. The molecule has 23 heavy (non-hydrogen) atoms. The molecule has 0 saturated carbocycles. The first-order chi connectivity index (χ1) is 11.0. The van der Waals surface area contributed by atoms with Gasteiger partial charge in [-0.25, -0.2) is 9.78 Å². The minimum atomic E-state index is -0.610. The van der Waals surface area contributed by atoms with Gasteiger partial charge in [-0.2, -0.15) is 0 Å². The highest BCUT2D eigenvalue weighted by Gasteiger charge is 2.26. The maximum absolute atomic E-state index is 13.0. The first-order valence-corrected chi connectivity index (χ1v) is 9.06. The molecule has 1 unspecified atom stereocenters. The van der Waals surface area contributed by atoms with Crippen LogP contribution in [0.15, 0.2) is 11.1 Å². The van der Waals surface area contributed by atoms with Gasteiger partial charge in [-0.15, -0.1) is 11.3 Å². The molecular weight excluding hydrogens is 312 g/mol. The maximum atomic E-state index is 13.0. The van der Waals surface area contributed by atoms with E-state index in [0.717, 1.165) is 29.7 Å². The van der Waals surface area contributed by atoms with Crippen molar-refractivity contribution >= 4 is 27.5 Å². The minimum Gasteiger partial charge on any atom is -0.461 e. The normalized spacial score (nSPS) is 15.7. The number of aryl methyl sites for hydroxylation is 2. The number of aromatic nitrogens is 2. The van der Waals surface area contributed by atoms with Crippen LogP contribution in [0.5, 0.6) is 0 Å². The summed E-state index contributed by atoms with van der Waals surface area (Å²) in [4.78, 5) is 31.8. The summed E-state index contributed by atoms with van der Waals surface area (Å²) < 4.78 is 6.75. The van der Waals surface area contributed by atoms with Gasteiger partial charge in [0.05, 0.1) is 17.8 Å². The molecule has 2 aromatic rings. The molecule has 0 aliphatic heterocycles. The standard InChI is InChI=1S/C17H22N2O3S/c1-4-12(17(21)22-10(2)3)19-9-18-15-14(16(19)20)11-7-5-6-8-13(11)23-15/h9-10,12H,4-8H2,1-3H3. The molecule has 1 aliphatic carbocycles. The van der Waals surface area contributed by atoms with E-state index in [-0.39, 0.29) is 17.6 Å². The Kier molecular flexibility index (Phi) is 4.53. The number of hydrogen-bond donors (Lipinski definition) is 0. The Labute approximate surface area is 139 Å². The Morgan fingerprint density at radius 1 is 1.39 bits per heavy atom. The molecule has 0 saturated heterocycles. The van der Waals surface area contributed by atoms with E-state index in [9.17, 15) is 9.59 Å². The number of carbonyl (C=O) groups is 1. The van der Waals surface area contributed by atoms with Crippen LogP contribution in [-0.4, -0.2) is 21.6 Å². The van der Waals surface area contributed by atoms with Gasteiger partial charge in [0.1, 0.15) is 10.9 Å². The van der Waals surface area contributed by atoms with Crippen LogP contribution in [-0.2, 0) is 22.4 Å². The number of thiophene rings is 1. The summed E-state index contributed by atoms with van der Waals surface area (Å²) in [6.07, 6.45) is 6.06. The molecule has 0 radical (unpaired) electrons. The predicted molar refractivity (Wildman–Crippen MR) is 91.1 cm³/mol. The van der Waals surface area contributed by atoms with Crippen LogP contribution in [0, 0.1) is 0 Å². The van der Waals surface area contributed by atoms with Crippen molar-refractivity contribution in [3.05, 3.63) is 27.1 Å². The molecule has 1 aliphatic rings. The van der Waals surface area contributed by atoms with E-state index in [1.54, 1.807) is 11.3 Å². The van der Waals surface area contributed by atoms with Crippen molar-refractivity contribution < 1.29 is 9.53 Å². The number of rotatable bonds is 4. The summed E-state index contributed by atoms with van der Waals surface area (Å²) in [6.45, 7) is 5.50. The van der Waals surface area contributed by atoms with Gasteiger partial charge in [-0.1, -0.05) is 6.92 Å². The van der Waals surface area contributed by atoms with Crippen molar-refractivity contribution in [2.45, 2.75) is 65.0 Å². The van der Waals surface area contributed by atoms with E-state index < -0.39 is 6.04 Å². The second kappa shape index (κ2) is 6.43. The van der Waals surface area contributed by atoms with E-state index in [1.165, 1.54) is 22.2 Å². The highest BCUT2D eigenvalue weighted by atomic mass is 32.1. The molecule has 5 nitrogen and oxygen atoms in total. The molecule has 0 bridgehead atoms. The summed E-state index contributed by atoms with van der Waals surface area (Å²) in [5.74, 6) is -0.366. The molecule has 0 fully saturated rings. The number of nitrogens with zero attached hydrogens (tertiary/aromatic N) is 2. The molecule has 0 aromatic carbocycles. The second-order valence-corrected chi connectivity index (χ2v) is 7.34. The first-order valence-electron chi connectivity index (χ1n) is 8.24. The lowest BCUT2D eigenvalue weighted by Gasteiger charge is -2.18. The average molecular weight is 334 g/mol. The quantitative estimate of drug-likeness (QED) is 0.805. The highest BCUT2D eigenvalue weighted by Crippen LogP contribution is 2.33. The second-order valence-electron chi connectivity index (χ2n) is 6.26. The average Bonchev–Trinajstić information content (AvgIpc) is 2.88. The van der Waals surface area contributed by atoms with Crippen LogP contribution in [0.3, 0.4) is 0 Å². The zero-order valence-electron chi connectivity index (χ0n) is 13.8. The van der Waals surface area contributed by atoms with Crippen molar-refractivity contribution in [1.29, 1.82) is 0 Å². The van der Waals surface area contributed by atoms with E-state index in [2.05, 4.69) is 4.98 Å². The van der Waals surface area contributed by atoms with Crippen molar-refractivity contribution in [2.24, 2.45) is 0 Å². The molecule has 6 heteroatoms. The van der Waals surface area contributed by atoms with Gasteiger partial charge in [0.15, 0.2) is 0 Å². The highest BCUT2D eigenvalue weighted by molar-refractivity contribution is 7.18. The van der Waals surface area contributed by atoms with Crippen LogP contribution >= 0.6 is 11.3 Å². The van der Waals surface area contributed by atoms with E-state index in [4.69, 9.17) is 4.74 Å². The topological polar surface area (TPSA) is 61.2 Å². The Morgan fingerprint density at radius 3 is 2.83 bits per heavy atom. The number of esters is 1. The molecule has 0 spiro atoms. The molecule has 2 aromatic heterocycles. The van der Waals surface area contributed by atoms with Crippen LogP contribution in [0.2, 0.25) is 0 Å². The Morgan fingerprint density at radius 2 is 2.13 bits per heavy atom. The zero-order valence-corrected chi connectivity index (χ0v) is 14.6. The third kappa shape index (κ3) is 2.92. The molecule has 0 N–H and O–H groups in total. The Balaban J connectivity index is 2.09. The van der Waals surface area contributed by atoms with E-state index >= 15 is 0 Å². The van der Waals surface area contributed by atoms with Gasteiger partial charge in [-0.05, 0) is 51.5 Å². The van der Waals surface area contributed by atoms with Gasteiger partial charge in [-0.3, -0.25) is 9.36 Å². The van der Waals surface area contributed by atoms with Crippen molar-refractivity contribution in [2.75, 3.05) is 0 Å². The summed E-state index contributed by atoms with van der Waals surface area (Å²) in [5, 5.41) is 0.711. The van der Waals surface area contributed by atoms with Gasteiger partial charge < -0.3 is 4.74 Å². The largest absolute Gasteiger partial charge is 0.461 e. The van der Waals surface area contributed by atoms with Gasteiger partial charge in [0.2, 0.25) is 0 Å². The smallest absolute Gasteiger partial charge is 0.329 e. The van der Waals surface area contributed by atoms with Gasteiger partial charge in [0, 0.05) is 4.88 Å². The number of carbonyl (C=O) groups excluding carboxylic acids is 1. The van der Waals surface area contributed by atoms with Gasteiger partial charge in [0.25, 0.3) is 5.56 Å². The number of hydrogen-bond acceptors (Lipinski definition) is 5. The van der Waals surface area contributed by atoms with Gasteiger partial charge >= 0.3 is 5.97 Å². The lowest BCUT2D eigenvalue weighted by Crippen LogP contribution is -2.32. The first kappa shape index (κ1) is 16.2. The molecule has 0 amide bonds. The fourth-order valence-electron chi connectivity index (χ4n) is 3.17. The van der Waals surface area contributed by atoms with Crippen LogP contribution in [0.25, 0.3) is 10.2 Å². The fourth-order valence-corrected chi connectivity index (χ4v) is 4.39. The molecule has 3 rings (SSSR count). The van der Waals surface area contributed by atoms with E-state index in [1.807, 2.05) is 20.8 Å². The molecule has 124 valence electrons. The Bertz CT molecular complexity index is 791. The number of fused-ring (bicyclic) bond motifs is 3. The molecular formula is C17H22N2O3S. The maximum Gasteiger partial charge on any atom is 0.329 e. The van der Waals surface area contributed by atoms with Crippen molar-refractivity contribution in [3.8, 4) is 0 Å². The minimum absolute atomic E-state index is 0.109. The lowest BCUT2D eigenvalue weighted by atomic mass is 9.97. The van der Waals surface area contributed by atoms with Crippen LogP contribution in [0.4, 0.5) is 0 Å². The third-order valence-electron chi connectivity index (χ3n) is 4.25. The summed E-state index contributed by atoms with van der Waals surface area (Å²) >= 11 is 1.62. The third-order valence-corrected chi connectivity index (χ3v) is 5.45.